The van der Waals surface area contributed by atoms with Crippen LogP contribution in [0.2, 0.25) is 0 Å². The number of ether oxygens (including phenoxy) is 1. The molecule has 2 aliphatic heterocycles. The van der Waals surface area contributed by atoms with Crippen molar-refractivity contribution in [2.24, 2.45) is 0 Å². The maximum absolute atomic E-state index is 14.6. The van der Waals surface area contributed by atoms with E-state index in [0.29, 0.717) is 54.4 Å². The number of carbonyl (C=O) groups excluding carboxylic acids is 1. The third kappa shape index (κ3) is 6.57. The summed E-state index contributed by atoms with van der Waals surface area (Å²) in [4.78, 5) is 24.3. The van der Waals surface area contributed by atoms with Crippen molar-refractivity contribution >= 4 is 17.4 Å². The van der Waals surface area contributed by atoms with Crippen LogP contribution in [-0.2, 0) is 27.3 Å². The second-order valence-corrected chi connectivity index (χ2v) is 12.5. The Balaban J connectivity index is 1.58. The molecule has 0 spiro atoms. The Hall–Kier alpha value is -3.71. The summed E-state index contributed by atoms with van der Waals surface area (Å²) in [7, 11) is 1.37. The predicted octanol–water partition coefficient (Wildman–Crippen LogP) is 7.08. The first-order valence-electron chi connectivity index (χ1n) is 14.8. The van der Waals surface area contributed by atoms with Crippen LogP contribution in [0, 0.1) is 12.7 Å². The standard InChI is InChI=1S/C33H35F7N4O2/c1-19-6-7-24(34)13-26(19)27-14-29(44-17-25-18-46-9-8-43(25)16-20(44)2)41-15-28(27)42(5)30(45)31(3,4)21-10-22(32(35,36)37)12-23(11-21)33(38,39)40/h6-7,10-15,20,25H,8-9,16-18H2,1-5H3/t20-,25+/m1/s1. The lowest BCUT2D eigenvalue weighted by Crippen LogP contribution is -2.61. The van der Waals surface area contributed by atoms with Gasteiger partial charge >= 0.3 is 12.4 Å². The highest BCUT2D eigenvalue weighted by Crippen LogP contribution is 2.41. The number of rotatable bonds is 5. The molecule has 6 nitrogen and oxygen atoms in total. The number of benzene rings is 2. The number of hydrogen-bond acceptors (Lipinski definition) is 5. The smallest absolute Gasteiger partial charge is 0.378 e. The van der Waals surface area contributed by atoms with E-state index in [1.54, 1.807) is 19.1 Å². The largest absolute Gasteiger partial charge is 0.416 e. The Morgan fingerprint density at radius 1 is 0.935 bits per heavy atom. The van der Waals surface area contributed by atoms with Crippen LogP contribution < -0.4 is 9.80 Å². The summed E-state index contributed by atoms with van der Waals surface area (Å²) in [6.45, 7) is 9.81. The van der Waals surface area contributed by atoms with E-state index in [9.17, 15) is 35.5 Å². The molecule has 1 amide bonds. The molecule has 0 radical (unpaired) electrons. The van der Waals surface area contributed by atoms with E-state index < -0.39 is 46.2 Å². The van der Waals surface area contributed by atoms with Crippen LogP contribution in [0.25, 0.3) is 11.1 Å². The summed E-state index contributed by atoms with van der Waals surface area (Å²) in [5.41, 5.74) is -3.53. The highest BCUT2D eigenvalue weighted by molar-refractivity contribution is 6.03. The van der Waals surface area contributed by atoms with Gasteiger partial charge in [-0.1, -0.05) is 6.07 Å². The minimum Gasteiger partial charge on any atom is -0.378 e. The Kier molecular flexibility index (Phi) is 8.88. The maximum atomic E-state index is 14.6. The molecule has 2 atom stereocenters. The highest BCUT2D eigenvalue weighted by Gasteiger charge is 2.42. The van der Waals surface area contributed by atoms with Gasteiger partial charge in [0, 0.05) is 38.3 Å². The molecule has 2 fully saturated rings. The van der Waals surface area contributed by atoms with E-state index in [1.165, 1.54) is 39.2 Å². The van der Waals surface area contributed by atoms with Crippen molar-refractivity contribution in [3.63, 3.8) is 0 Å². The third-order valence-electron chi connectivity index (χ3n) is 8.95. The normalized spacial score (nSPS) is 19.6. The SMILES string of the molecule is Cc1ccc(F)cc1-c1cc(N2C[C@H]3COCCN3C[C@H]2C)ncc1N(C)C(=O)C(C)(C)c1cc(C(F)(F)F)cc(C(F)(F)F)c1. The van der Waals surface area contributed by atoms with Gasteiger partial charge in [-0.05, 0) is 80.8 Å². The van der Waals surface area contributed by atoms with Crippen molar-refractivity contribution in [2.45, 2.75) is 57.5 Å². The van der Waals surface area contributed by atoms with Crippen LogP contribution >= 0.6 is 0 Å². The molecule has 3 aromatic rings. The van der Waals surface area contributed by atoms with Crippen molar-refractivity contribution in [1.29, 1.82) is 0 Å². The van der Waals surface area contributed by atoms with Crippen molar-refractivity contribution in [3.8, 4) is 11.1 Å². The van der Waals surface area contributed by atoms with Gasteiger partial charge in [-0.15, -0.1) is 0 Å². The van der Waals surface area contributed by atoms with Crippen molar-refractivity contribution in [1.82, 2.24) is 9.88 Å². The number of morpholine rings is 1. The highest BCUT2D eigenvalue weighted by atomic mass is 19.4. The molecule has 0 N–H and O–H groups in total. The lowest BCUT2D eigenvalue weighted by Gasteiger charge is -2.47. The number of pyridine rings is 1. The zero-order valence-electron chi connectivity index (χ0n) is 26.1. The second kappa shape index (κ2) is 12.1. The number of fused-ring (bicyclic) bond motifs is 1. The number of hydrogen-bond donors (Lipinski definition) is 0. The Morgan fingerprint density at radius 2 is 1.57 bits per heavy atom. The molecule has 13 heteroatoms. The first-order valence-corrected chi connectivity index (χ1v) is 14.8. The zero-order chi connectivity index (χ0) is 33.8. The summed E-state index contributed by atoms with van der Waals surface area (Å²) in [5, 5.41) is 0. The molecule has 248 valence electrons. The third-order valence-corrected chi connectivity index (χ3v) is 8.95. The molecule has 5 rings (SSSR count). The van der Waals surface area contributed by atoms with E-state index in [0.717, 1.165) is 18.0 Å². The molecule has 0 aliphatic carbocycles. The number of nitrogens with zero attached hydrogens (tertiary/aromatic N) is 4. The summed E-state index contributed by atoms with van der Waals surface area (Å²) >= 11 is 0. The second-order valence-electron chi connectivity index (χ2n) is 12.5. The number of alkyl halides is 6. The minimum absolute atomic E-state index is 0.0293. The maximum Gasteiger partial charge on any atom is 0.416 e. The van der Waals surface area contributed by atoms with Gasteiger partial charge in [-0.25, -0.2) is 9.37 Å². The van der Waals surface area contributed by atoms with E-state index >= 15 is 0 Å². The average Bonchev–Trinajstić information content (AvgIpc) is 2.99. The topological polar surface area (TPSA) is 48.9 Å². The zero-order valence-corrected chi connectivity index (χ0v) is 26.1. The van der Waals surface area contributed by atoms with E-state index in [4.69, 9.17) is 4.74 Å². The van der Waals surface area contributed by atoms with Crippen LogP contribution in [0.1, 0.15) is 43.0 Å². The fourth-order valence-corrected chi connectivity index (χ4v) is 6.19. The van der Waals surface area contributed by atoms with Gasteiger partial charge in [0.25, 0.3) is 0 Å². The van der Waals surface area contributed by atoms with Gasteiger partial charge in [0.05, 0.1) is 47.7 Å². The van der Waals surface area contributed by atoms with Gasteiger partial charge < -0.3 is 14.5 Å². The lowest BCUT2D eigenvalue weighted by molar-refractivity contribution is -0.143. The molecule has 46 heavy (non-hydrogen) atoms. The van der Waals surface area contributed by atoms with Gasteiger partial charge in [-0.3, -0.25) is 9.69 Å². The van der Waals surface area contributed by atoms with Crippen molar-refractivity contribution in [2.75, 3.05) is 49.7 Å². The van der Waals surface area contributed by atoms with Gasteiger partial charge in [0.2, 0.25) is 5.91 Å². The molecule has 0 bridgehead atoms. The predicted molar refractivity (Wildman–Crippen MR) is 160 cm³/mol. The van der Waals surface area contributed by atoms with Crippen molar-refractivity contribution in [3.05, 3.63) is 76.7 Å². The van der Waals surface area contributed by atoms with Crippen LogP contribution in [0.15, 0.2) is 48.7 Å². The van der Waals surface area contributed by atoms with Crippen LogP contribution in [-0.4, -0.2) is 67.8 Å². The molecule has 3 heterocycles. The number of halogens is 7. The van der Waals surface area contributed by atoms with Gasteiger partial charge in [0.1, 0.15) is 11.6 Å². The monoisotopic (exact) mass is 652 g/mol. The number of amides is 1. The summed E-state index contributed by atoms with van der Waals surface area (Å²) in [6.07, 6.45) is -8.71. The summed E-state index contributed by atoms with van der Waals surface area (Å²) < 4.78 is 102. The van der Waals surface area contributed by atoms with E-state index in [-0.39, 0.29) is 23.8 Å². The molecule has 0 unspecified atom stereocenters. The summed E-state index contributed by atoms with van der Waals surface area (Å²) in [5.74, 6) is -0.733. The lowest BCUT2D eigenvalue weighted by atomic mass is 9.81. The summed E-state index contributed by atoms with van der Waals surface area (Å²) in [6, 6.07) is 7.32. The van der Waals surface area contributed by atoms with Crippen LogP contribution in [0.4, 0.5) is 42.2 Å². The average molecular weight is 653 g/mol. The number of aromatic nitrogens is 1. The first kappa shape index (κ1) is 33.6. The van der Waals surface area contributed by atoms with Gasteiger partial charge in [0.15, 0.2) is 0 Å². The number of aryl methyl sites for hydroxylation is 1. The molecule has 1 aromatic heterocycles. The van der Waals surface area contributed by atoms with Crippen LogP contribution in [0.5, 0.6) is 0 Å². The number of likely N-dealkylation sites (N-methyl/N-ethyl adjacent to an activating group) is 1. The molecule has 0 saturated carbocycles. The quantitative estimate of drug-likeness (QED) is 0.276. The molecule has 2 aromatic carbocycles. The van der Waals surface area contributed by atoms with E-state index in [1.807, 2.05) is 0 Å². The first-order chi connectivity index (χ1) is 21.4. The van der Waals surface area contributed by atoms with Gasteiger partial charge in [-0.2, -0.15) is 26.3 Å². The number of anilines is 2. The fourth-order valence-electron chi connectivity index (χ4n) is 6.19. The number of piperazine rings is 1. The van der Waals surface area contributed by atoms with Crippen molar-refractivity contribution < 1.29 is 40.3 Å². The minimum atomic E-state index is -5.07. The fraction of sp³-hybridized carbons (Fsp3) is 0.455. The molecular formula is C33H35F7N4O2. The molecular weight excluding hydrogens is 617 g/mol. The van der Waals surface area contributed by atoms with E-state index in [2.05, 4.69) is 21.7 Å². The Labute approximate surface area is 262 Å². The number of carbonyl (C=O) groups is 1. The molecule has 2 saturated heterocycles. The van der Waals surface area contributed by atoms with Crippen LogP contribution in [0.3, 0.4) is 0 Å². The molecule has 2 aliphatic rings. The Bertz CT molecular complexity index is 1590. The Morgan fingerprint density at radius 3 is 2.20 bits per heavy atom.